The van der Waals surface area contributed by atoms with Crippen LogP contribution in [0.1, 0.15) is 5.56 Å². The van der Waals surface area contributed by atoms with E-state index in [1.54, 1.807) is 6.07 Å². The summed E-state index contributed by atoms with van der Waals surface area (Å²) in [6, 6.07) is 13.6. The Labute approximate surface area is 134 Å². The third kappa shape index (κ3) is 2.07. The van der Waals surface area contributed by atoms with Crippen LogP contribution in [0.3, 0.4) is 0 Å². The van der Waals surface area contributed by atoms with E-state index in [-0.39, 0.29) is 0 Å². The largest absolute Gasteiger partial charge is 0.327 e. The van der Waals surface area contributed by atoms with Crippen molar-refractivity contribution < 1.29 is 0 Å². The van der Waals surface area contributed by atoms with Crippen molar-refractivity contribution in [2.75, 3.05) is 0 Å². The van der Waals surface area contributed by atoms with Gasteiger partial charge in [-0.25, -0.2) is 4.98 Å². The Bertz CT molecular complexity index is 861. The van der Waals surface area contributed by atoms with Crippen LogP contribution in [0.5, 0.6) is 0 Å². The lowest BCUT2D eigenvalue weighted by Crippen LogP contribution is -1.92. The quantitative estimate of drug-likeness (QED) is 0.576. The van der Waals surface area contributed by atoms with Crippen molar-refractivity contribution in [3.8, 4) is 17.5 Å². The van der Waals surface area contributed by atoms with E-state index in [1.165, 1.54) is 0 Å². The minimum absolute atomic E-state index is 0.584. The van der Waals surface area contributed by atoms with E-state index < -0.39 is 0 Å². The number of benzene rings is 2. The van der Waals surface area contributed by atoms with Gasteiger partial charge in [-0.3, -0.25) is 0 Å². The van der Waals surface area contributed by atoms with Gasteiger partial charge in [0.15, 0.2) is 0 Å². The van der Waals surface area contributed by atoms with Gasteiger partial charge in [0.1, 0.15) is 17.4 Å². The standard InChI is InChI=1S/C15H9ClIN3/c1-20-13-4-2-3-10(8-18)14(13)19-15(20)9-5-6-12(17)11(16)7-9/h2-7H,1H3. The number of rotatable bonds is 1. The summed E-state index contributed by atoms with van der Waals surface area (Å²) in [5.41, 5.74) is 3.19. The molecule has 0 aliphatic rings. The van der Waals surface area contributed by atoms with Gasteiger partial charge in [0.25, 0.3) is 0 Å². The highest BCUT2D eigenvalue weighted by Crippen LogP contribution is 2.29. The molecule has 0 radical (unpaired) electrons. The summed E-state index contributed by atoms with van der Waals surface area (Å²) in [6.07, 6.45) is 0. The van der Waals surface area contributed by atoms with E-state index in [0.717, 1.165) is 26.0 Å². The van der Waals surface area contributed by atoms with Crippen molar-refractivity contribution in [2.45, 2.75) is 0 Å². The summed E-state index contributed by atoms with van der Waals surface area (Å²) in [4.78, 5) is 4.60. The molecule has 3 aromatic rings. The molecule has 98 valence electrons. The van der Waals surface area contributed by atoms with E-state index in [9.17, 15) is 0 Å². The van der Waals surface area contributed by atoms with E-state index in [2.05, 4.69) is 33.6 Å². The lowest BCUT2D eigenvalue weighted by atomic mass is 10.2. The molecule has 0 fully saturated rings. The third-order valence-corrected chi connectivity index (χ3v) is 4.78. The van der Waals surface area contributed by atoms with Crippen LogP contribution in [0.2, 0.25) is 5.02 Å². The Morgan fingerprint density at radius 3 is 2.80 bits per heavy atom. The summed E-state index contributed by atoms with van der Waals surface area (Å²) in [7, 11) is 1.94. The van der Waals surface area contributed by atoms with Crippen molar-refractivity contribution in [3.05, 3.63) is 50.6 Å². The topological polar surface area (TPSA) is 41.6 Å². The molecule has 20 heavy (non-hydrogen) atoms. The van der Waals surface area contributed by atoms with Gasteiger partial charge >= 0.3 is 0 Å². The first kappa shape index (κ1) is 13.4. The van der Waals surface area contributed by atoms with Crippen LogP contribution in [0, 0.1) is 14.9 Å². The molecular formula is C15H9ClIN3. The van der Waals surface area contributed by atoms with Gasteiger partial charge in [-0.2, -0.15) is 5.26 Å². The van der Waals surface area contributed by atoms with Gasteiger partial charge in [-0.15, -0.1) is 0 Å². The Hall–Kier alpha value is -1.58. The normalized spacial score (nSPS) is 10.7. The second kappa shape index (κ2) is 5.08. The van der Waals surface area contributed by atoms with E-state index in [0.29, 0.717) is 10.6 Å². The van der Waals surface area contributed by atoms with Crippen molar-refractivity contribution in [2.24, 2.45) is 7.05 Å². The van der Waals surface area contributed by atoms with Crippen LogP contribution in [-0.4, -0.2) is 9.55 Å². The summed E-state index contributed by atoms with van der Waals surface area (Å²) in [6.45, 7) is 0. The van der Waals surface area contributed by atoms with Crippen LogP contribution in [-0.2, 0) is 7.05 Å². The fraction of sp³-hybridized carbons (Fsp3) is 0.0667. The summed E-state index contributed by atoms with van der Waals surface area (Å²) >= 11 is 8.37. The zero-order valence-corrected chi connectivity index (χ0v) is 13.5. The maximum atomic E-state index is 9.17. The Morgan fingerprint density at radius 2 is 2.10 bits per heavy atom. The first-order valence-electron chi connectivity index (χ1n) is 5.93. The van der Waals surface area contributed by atoms with Crippen molar-refractivity contribution in [3.63, 3.8) is 0 Å². The van der Waals surface area contributed by atoms with Gasteiger partial charge in [0.05, 0.1) is 16.1 Å². The predicted octanol–water partition coefficient (Wildman–Crippen LogP) is 4.37. The van der Waals surface area contributed by atoms with Crippen molar-refractivity contribution >= 4 is 45.2 Å². The lowest BCUT2D eigenvalue weighted by molar-refractivity contribution is 0.959. The van der Waals surface area contributed by atoms with Crippen molar-refractivity contribution in [1.29, 1.82) is 5.26 Å². The molecule has 3 nitrogen and oxygen atoms in total. The first-order valence-corrected chi connectivity index (χ1v) is 7.38. The van der Waals surface area contributed by atoms with Crippen molar-refractivity contribution in [1.82, 2.24) is 9.55 Å². The number of aromatic nitrogens is 2. The predicted molar refractivity (Wildman–Crippen MR) is 88.6 cm³/mol. The number of para-hydroxylation sites is 1. The molecule has 0 saturated heterocycles. The molecule has 0 aliphatic heterocycles. The number of fused-ring (bicyclic) bond motifs is 1. The molecule has 2 aromatic carbocycles. The van der Waals surface area contributed by atoms with Gasteiger partial charge in [0.2, 0.25) is 0 Å². The number of nitriles is 1. The van der Waals surface area contributed by atoms with Crippen LogP contribution < -0.4 is 0 Å². The minimum atomic E-state index is 0.584. The number of hydrogen-bond donors (Lipinski definition) is 0. The second-order valence-corrected chi connectivity index (χ2v) is 5.98. The summed E-state index contributed by atoms with van der Waals surface area (Å²) in [5.74, 6) is 0.806. The molecule has 0 aliphatic carbocycles. The zero-order chi connectivity index (χ0) is 14.3. The molecule has 1 heterocycles. The van der Waals surface area contributed by atoms with E-state index in [4.69, 9.17) is 16.9 Å². The number of aryl methyl sites for hydroxylation is 1. The van der Waals surface area contributed by atoms with Gasteiger partial charge in [0, 0.05) is 16.2 Å². The number of nitrogens with zero attached hydrogens (tertiary/aromatic N) is 3. The Morgan fingerprint density at radius 1 is 1.30 bits per heavy atom. The molecule has 0 atom stereocenters. The molecule has 3 rings (SSSR count). The highest BCUT2D eigenvalue weighted by molar-refractivity contribution is 14.1. The molecule has 5 heteroatoms. The SMILES string of the molecule is Cn1c(-c2ccc(I)c(Cl)c2)nc2c(C#N)cccc21. The van der Waals surface area contributed by atoms with Gasteiger partial charge in [-0.05, 0) is 46.9 Å². The maximum Gasteiger partial charge on any atom is 0.140 e. The van der Waals surface area contributed by atoms with Gasteiger partial charge in [-0.1, -0.05) is 23.7 Å². The fourth-order valence-electron chi connectivity index (χ4n) is 2.20. The smallest absolute Gasteiger partial charge is 0.140 e. The van der Waals surface area contributed by atoms with Crippen LogP contribution in [0.4, 0.5) is 0 Å². The molecule has 0 saturated carbocycles. The Balaban J connectivity index is 2.29. The minimum Gasteiger partial charge on any atom is -0.327 e. The summed E-state index contributed by atoms with van der Waals surface area (Å²) < 4.78 is 2.99. The first-order chi connectivity index (χ1) is 9.61. The second-order valence-electron chi connectivity index (χ2n) is 4.41. The highest BCUT2D eigenvalue weighted by atomic mass is 127. The average molecular weight is 394 g/mol. The molecular weight excluding hydrogens is 385 g/mol. The number of halogens is 2. The molecule has 1 aromatic heterocycles. The number of imidazole rings is 1. The maximum absolute atomic E-state index is 9.17. The fourth-order valence-corrected chi connectivity index (χ4v) is 2.71. The van der Waals surface area contributed by atoms with E-state index in [1.807, 2.05) is 41.9 Å². The monoisotopic (exact) mass is 393 g/mol. The van der Waals surface area contributed by atoms with Gasteiger partial charge < -0.3 is 4.57 Å². The summed E-state index contributed by atoms with van der Waals surface area (Å²) in [5, 5.41) is 9.87. The molecule has 0 N–H and O–H groups in total. The van der Waals surface area contributed by atoms with Crippen LogP contribution >= 0.6 is 34.2 Å². The molecule has 0 spiro atoms. The van der Waals surface area contributed by atoms with E-state index >= 15 is 0 Å². The van der Waals surface area contributed by atoms with Crippen LogP contribution in [0.25, 0.3) is 22.4 Å². The lowest BCUT2D eigenvalue weighted by Gasteiger charge is -2.04. The Kier molecular flexibility index (Phi) is 3.40. The average Bonchev–Trinajstić information content (AvgIpc) is 2.79. The highest BCUT2D eigenvalue weighted by Gasteiger charge is 2.13. The molecule has 0 amide bonds. The molecule has 0 bridgehead atoms. The third-order valence-electron chi connectivity index (χ3n) is 3.21. The zero-order valence-electron chi connectivity index (χ0n) is 10.6. The van der Waals surface area contributed by atoms with Crippen LogP contribution in [0.15, 0.2) is 36.4 Å². The molecule has 0 unspecified atom stereocenters. The number of hydrogen-bond acceptors (Lipinski definition) is 2.